The number of hydrogen-bond acceptors (Lipinski definition) is 10. The summed E-state index contributed by atoms with van der Waals surface area (Å²) < 4.78 is 5.26. The van der Waals surface area contributed by atoms with Gasteiger partial charge >= 0.3 is 5.97 Å². The maximum Gasteiger partial charge on any atom is 0.306 e. The van der Waals surface area contributed by atoms with E-state index in [2.05, 4.69) is 26.6 Å². The third kappa shape index (κ3) is 17.9. The lowest BCUT2D eigenvalue weighted by Crippen LogP contribution is -2.58. The summed E-state index contributed by atoms with van der Waals surface area (Å²) in [5, 5.41) is 13.2. The van der Waals surface area contributed by atoms with Crippen molar-refractivity contribution in [1.82, 2.24) is 26.6 Å². The molecule has 0 spiro atoms. The average Bonchev–Trinajstić information content (AvgIpc) is 3.22. The number of ether oxygens (including phenoxy) is 1. The molecule has 0 aliphatic heterocycles. The summed E-state index contributed by atoms with van der Waals surface area (Å²) in [4.78, 5) is 91.8. The van der Waals surface area contributed by atoms with Gasteiger partial charge in [-0.15, -0.1) is 0 Å². The minimum absolute atomic E-state index is 0.0454. The van der Waals surface area contributed by atoms with Crippen LogP contribution in [0.25, 0.3) is 0 Å². The molecule has 0 aliphatic carbocycles. The fourth-order valence-electron chi connectivity index (χ4n) is 6.01. The molecule has 16 heteroatoms. The summed E-state index contributed by atoms with van der Waals surface area (Å²) >= 11 is 0. The molecule has 318 valence electrons. The zero-order valence-corrected chi connectivity index (χ0v) is 33.7. The van der Waals surface area contributed by atoms with Crippen molar-refractivity contribution in [2.45, 2.75) is 95.6 Å². The summed E-state index contributed by atoms with van der Waals surface area (Å²) in [5.41, 5.74) is 19.5. The number of carbonyl (C=O) groups excluding carboxylic acids is 7. The third-order valence-electron chi connectivity index (χ3n) is 9.21. The number of rotatable bonds is 25. The zero-order valence-electron chi connectivity index (χ0n) is 33.7. The van der Waals surface area contributed by atoms with E-state index in [1.54, 1.807) is 66.7 Å². The monoisotopic (exact) mass is 814 g/mol. The highest BCUT2D eigenvalue weighted by Gasteiger charge is 2.30. The standard InChI is InChI=1S/C43H58N8O8/c1-28(2)23-34(42(57)49-33(39(46)54)20-21-38(53)59-27-31-17-10-5-11-18-31)48-37(52)26-47-41(56)35(24-29-13-6-3-7-14-29)51-43(58)36(25-30-15-8-4-9-16-30)50-40(55)32(45)19-12-22-44/h3-11,13-18,28,32-36H,12,19-27,44-45H2,1-2H3,(H2,46,54)(H,47,56)(H,48,52)(H,49,57)(H,50,55)(H,51,58)/t32-,33-,34-,35-,36-/m0/s1. The molecular weight excluding hydrogens is 757 g/mol. The SMILES string of the molecule is CC(C)C[C@H](NC(=O)CNC(=O)[C@H](Cc1ccccc1)NC(=O)[C@H](Cc1ccccc1)NC(=O)[C@@H](N)CCCN)C(=O)N[C@@H](CCC(=O)OCc1ccccc1)C(N)=O. The molecule has 3 aromatic carbocycles. The van der Waals surface area contributed by atoms with E-state index < -0.39 is 78.2 Å². The van der Waals surface area contributed by atoms with Crippen molar-refractivity contribution >= 4 is 41.4 Å². The van der Waals surface area contributed by atoms with Gasteiger partial charge in [0.2, 0.25) is 35.4 Å². The first kappa shape index (κ1) is 47.2. The van der Waals surface area contributed by atoms with Gasteiger partial charge in [-0.25, -0.2) is 0 Å². The normalized spacial score (nSPS) is 13.4. The molecule has 3 rings (SSSR count). The van der Waals surface area contributed by atoms with Gasteiger partial charge in [0, 0.05) is 19.3 Å². The van der Waals surface area contributed by atoms with Crippen molar-refractivity contribution in [2.24, 2.45) is 23.1 Å². The molecule has 5 atom stereocenters. The van der Waals surface area contributed by atoms with Crippen molar-refractivity contribution in [3.05, 3.63) is 108 Å². The van der Waals surface area contributed by atoms with Crippen LogP contribution in [0.1, 0.15) is 62.6 Å². The second kappa shape index (κ2) is 25.3. The van der Waals surface area contributed by atoms with Gasteiger partial charge in [0.1, 0.15) is 30.8 Å². The maximum absolute atomic E-state index is 13.8. The van der Waals surface area contributed by atoms with E-state index in [0.717, 1.165) is 11.1 Å². The molecule has 6 amide bonds. The van der Waals surface area contributed by atoms with Crippen LogP contribution in [0.4, 0.5) is 0 Å². The van der Waals surface area contributed by atoms with Gasteiger partial charge in [-0.2, -0.15) is 0 Å². The van der Waals surface area contributed by atoms with Gasteiger partial charge < -0.3 is 48.5 Å². The molecule has 0 aliphatic rings. The molecule has 0 fully saturated rings. The van der Waals surface area contributed by atoms with Crippen molar-refractivity contribution in [2.75, 3.05) is 13.1 Å². The van der Waals surface area contributed by atoms with E-state index in [4.69, 9.17) is 21.9 Å². The van der Waals surface area contributed by atoms with Crippen LogP contribution in [0.15, 0.2) is 91.0 Å². The highest BCUT2D eigenvalue weighted by molar-refractivity contribution is 5.95. The maximum atomic E-state index is 13.8. The molecule has 0 unspecified atom stereocenters. The first-order valence-electron chi connectivity index (χ1n) is 19.8. The Balaban J connectivity index is 1.67. The second-order valence-electron chi connectivity index (χ2n) is 14.7. The Morgan fingerprint density at radius 1 is 0.610 bits per heavy atom. The second-order valence-corrected chi connectivity index (χ2v) is 14.7. The molecule has 16 nitrogen and oxygen atoms in total. The Hall–Kier alpha value is -6.13. The van der Waals surface area contributed by atoms with Crippen LogP contribution in [0, 0.1) is 5.92 Å². The summed E-state index contributed by atoms with van der Waals surface area (Å²) in [7, 11) is 0. The fraction of sp³-hybridized carbons (Fsp3) is 0.419. The van der Waals surface area contributed by atoms with E-state index in [9.17, 15) is 33.6 Å². The van der Waals surface area contributed by atoms with Crippen molar-refractivity contribution in [1.29, 1.82) is 0 Å². The largest absolute Gasteiger partial charge is 0.461 e. The lowest BCUT2D eigenvalue weighted by molar-refractivity contribution is -0.145. The summed E-state index contributed by atoms with van der Waals surface area (Å²) in [6.45, 7) is 3.50. The lowest BCUT2D eigenvalue weighted by atomic mass is 10.0. The van der Waals surface area contributed by atoms with Crippen LogP contribution >= 0.6 is 0 Å². The zero-order chi connectivity index (χ0) is 43.2. The smallest absolute Gasteiger partial charge is 0.306 e. The van der Waals surface area contributed by atoms with Crippen molar-refractivity contribution in [3.8, 4) is 0 Å². The Labute approximate surface area is 345 Å². The molecule has 3 aromatic rings. The van der Waals surface area contributed by atoms with Gasteiger partial charge in [0.25, 0.3) is 0 Å². The van der Waals surface area contributed by atoms with E-state index in [0.29, 0.717) is 24.9 Å². The molecule has 59 heavy (non-hydrogen) atoms. The highest BCUT2D eigenvalue weighted by Crippen LogP contribution is 2.10. The Kier molecular flexibility index (Phi) is 20.2. The molecule has 11 N–H and O–H groups in total. The van der Waals surface area contributed by atoms with Gasteiger partial charge in [-0.3, -0.25) is 33.6 Å². The van der Waals surface area contributed by atoms with E-state index >= 15 is 0 Å². The van der Waals surface area contributed by atoms with Gasteiger partial charge in [-0.05, 0) is 54.8 Å². The quantitative estimate of drug-likeness (QED) is 0.0554. The van der Waals surface area contributed by atoms with Crippen molar-refractivity contribution < 1.29 is 38.3 Å². The Morgan fingerprint density at radius 2 is 1.10 bits per heavy atom. The third-order valence-corrected chi connectivity index (χ3v) is 9.21. The predicted molar refractivity (Wildman–Crippen MR) is 221 cm³/mol. The van der Waals surface area contributed by atoms with Gasteiger partial charge in [0.15, 0.2) is 0 Å². The molecular formula is C43H58N8O8. The van der Waals surface area contributed by atoms with E-state index in [1.165, 1.54) is 0 Å². The average molecular weight is 815 g/mol. The fourth-order valence-corrected chi connectivity index (χ4v) is 6.01. The summed E-state index contributed by atoms with van der Waals surface area (Å²) in [6, 6.07) is 21.5. The molecule has 0 saturated carbocycles. The number of hydrogen-bond donors (Lipinski definition) is 8. The van der Waals surface area contributed by atoms with Crippen LogP contribution in [0.2, 0.25) is 0 Å². The number of amides is 6. The number of carbonyl (C=O) groups is 7. The van der Waals surface area contributed by atoms with Gasteiger partial charge in [0.05, 0.1) is 12.6 Å². The van der Waals surface area contributed by atoms with E-state index in [1.807, 2.05) is 38.1 Å². The molecule has 0 saturated heterocycles. The summed E-state index contributed by atoms with van der Waals surface area (Å²) in [6.07, 6.45) is 0.845. The first-order valence-corrected chi connectivity index (χ1v) is 19.8. The Morgan fingerprint density at radius 3 is 1.63 bits per heavy atom. The van der Waals surface area contributed by atoms with E-state index in [-0.39, 0.29) is 44.6 Å². The van der Waals surface area contributed by atoms with Crippen LogP contribution in [0.3, 0.4) is 0 Å². The molecule has 0 radical (unpaired) electrons. The number of esters is 1. The number of primary amides is 1. The number of benzene rings is 3. The molecule has 0 heterocycles. The minimum atomic E-state index is -1.22. The highest BCUT2D eigenvalue weighted by atomic mass is 16.5. The van der Waals surface area contributed by atoms with Crippen LogP contribution in [-0.2, 0) is 57.7 Å². The number of nitrogens with one attached hydrogen (secondary N) is 5. The first-order chi connectivity index (χ1) is 28.2. The topological polar surface area (TPSA) is 267 Å². The van der Waals surface area contributed by atoms with Crippen molar-refractivity contribution in [3.63, 3.8) is 0 Å². The van der Waals surface area contributed by atoms with Crippen LogP contribution < -0.4 is 43.8 Å². The van der Waals surface area contributed by atoms with Crippen LogP contribution in [-0.4, -0.2) is 84.7 Å². The number of nitrogens with two attached hydrogens (primary N) is 3. The Bertz CT molecular complexity index is 1810. The molecule has 0 aromatic heterocycles. The lowest BCUT2D eigenvalue weighted by Gasteiger charge is -2.25. The minimum Gasteiger partial charge on any atom is -0.461 e. The van der Waals surface area contributed by atoms with Gasteiger partial charge in [-0.1, -0.05) is 105 Å². The predicted octanol–water partition coefficient (Wildman–Crippen LogP) is 0.648. The summed E-state index contributed by atoms with van der Waals surface area (Å²) in [5.74, 6) is -4.84. The molecule has 0 bridgehead atoms. The van der Waals surface area contributed by atoms with Crippen LogP contribution in [0.5, 0.6) is 0 Å².